The quantitative estimate of drug-likeness (QED) is 0.667. The predicted molar refractivity (Wildman–Crippen MR) is 78.5 cm³/mol. The standard InChI is InChI=1S/C15H14N2O4/c1-2-10-5-3-6-11(9-10)16-15(19)12-7-4-8-13(14(12)18)17(20)21/h3-9,18H,2H2,1H3,(H,16,19). The van der Waals surface area contributed by atoms with Gasteiger partial charge in [-0.15, -0.1) is 0 Å². The van der Waals surface area contributed by atoms with Gasteiger partial charge in [0.15, 0.2) is 0 Å². The maximum atomic E-state index is 12.1. The van der Waals surface area contributed by atoms with Gasteiger partial charge in [0.05, 0.1) is 10.5 Å². The van der Waals surface area contributed by atoms with Gasteiger partial charge < -0.3 is 10.4 Å². The van der Waals surface area contributed by atoms with Crippen molar-refractivity contribution in [3.05, 3.63) is 63.7 Å². The van der Waals surface area contributed by atoms with Crippen molar-refractivity contribution in [1.29, 1.82) is 0 Å². The molecular formula is C15H14N2O4. The molecule has 108 valence electrons. The molecule has 6 nitrogen and oxygen atoms in total. The molecule has 0 spiro atoms. The Labute approximate surface area is 121 Å². The Morgan fingerprint density at radius 2 is 2.00 bits per heavy atom. The highest BCUT2D eigenvalue weighted by Gasteiger charge is 2.20. The maximum Gasteiger partial charge on any atom is 0.311 e. The minimum Gasteiger partial charge on any atom is -0.502 e. The van der Waals surface area contributed by atoms with E-state index in [0.29, 0.717) is 5.69 Å². The molecule has 6 heteroatoms. The third-order valence-corrected chi connectivity index (χ3v) is 3.05. The smallest absolute Gasteiger partial charge is 0.311 e. The Morgan fingerprint density at radius 3 is 2.67 bits per heavy atom. The number of benzene rings is 2. The number of hydrogen-bond acceptors (Lipinski definition) is 4. The average Bonchev–Trinajstić information content (AvgIpc) is 2.47. The molecule has 0 aliphatic rings. The second kappa shape index (κ2) is 6.04. The number of carbonyl (C=O) groups excluding carboxylic acids is 1. The summed E-state index contributed by atoms with van der Waals surface area (Å²) >= 11 is 0. The first-order chi connectivity index (χ1) is 10.0. The molecule has 0 unspecified atom stereocenters. The summed E-state index contributed by atoms with van der Waals surface area (Å²) in [6.07, 6.45) is 0.825. The average molecular weight is 286 g/mol. The number of rotatable bonds is 4. The van der Waals surface area contributed by atoms with Gasteiger partial charge in [0, 0.05) is 11.8 Å². The van der Waals surface area contributed by atoms with Gasteiger partial charge in [-0.1, -0.05) is 25.1 Å². The van der Waals surface area contributed by atoms with E-state index < -0.39 is 22.3 Å². The van der Waals surface area contributed by atoms with Crippen LogP contribution in [0.5, 0.6) is 5.75 Å². The number of phenols is 1. The van der Waals surface area contributed by atoms with E-state index in [1.54, 1.807) is 6.07 Å². The lowest BCUT2D eigenvalue weighted by molar-refractivity contribution is -0.385. The van der Waals surface area contributed by atoms with E-state index in [9.17, 15) is 20.0 Å². The van der Waals surface area contributed by atoms with Gasteiger partial charge in [-0.3, -0.25) is 14.9 Å². The molecule has 0 aliphatic carbocycles. The number of phenolic OH excluding ortho intramolecular Hbond substituents is 1. The summed E-state index contributed by atoms with van der Waals surface area (Å²) < 4.78 is 0. The number of nitrogens with zero attached hydrogens (tertiary/aromatic N) is 1. The van der Waals surface area contributed by atoms with Crippen LogP contribution in [0.4, 0.5) is 11.4 Å². The number of aryl methyl sites for hydroxylation is 1. The fourth-order valence-corrected chi connectivity index (χ4v) is 1.93. The normalized spacial score (nSPS) is 10.1. The molecule has 2 N–H and O–H groups in total. The van der Waals surface area contributed by atoms with E-state index >= 15 is 0 Å². The number of amides is 1. The number of nitro benzene ring substituents is 1. The molecule has 0 heterocycles. The summed E-state index contributed by atoms with van der Waals surface area (Å²) in [5, 5.41) is 23.2. The lowest BCUT2D eigenvalue weighted by atomic mass is 10.1. The van der Waals surface area contributed by atoms with Crippen LogP contribution in [0.15, 0.2) is 42.5 Å². The van der Waals surface area contributed by atoms with E-state index in [1.165, 1.54) is 12.1 Å². The zero-order chi connectivity index (χ0) is 15.4. The molecule has 0 radical (unpaired) electrons. The van der Waals surface area contributed by atoms with Crippen LogP contribution in [0.3, 0.4) is 0 Å². The summed E-state index contributed by atoms with van der Waals surface area (Å²) in [5.74, 6) is -1.23. The largest absolute Gasteiger partial charge is 0.502 e. The van der Waals surface area contributed by atoms with Crippen LogP contribution in [0.25, 0.3) is 0 Å². The number of nitrogens with one attached hydrogen (secondary N) is 1. The topological polar surface area (TPSA) is 92.5 Å². The highest BCUT2D eigenvalue weighted by Crippen LogP contribution is 2.29. The second-order valence-corrected chi connectivity index (χ2v) is 4.44. The highest BCUT2D eigenvalue weighted by molar-refractivity contribution is 6.06. The van der Waals surface area contributed by atoms with Crippen molar-refractivity contribution in [3.8, 4) is 5.75 Å². The number of aromatic hydroxyl groups is 1. The summed E-state index contributed by atoms with van der Waals surface area (Å²) in [7, 11) is 0. The minimum atomic E-state index is -0.732. The summed E-state index contributed by atoms with van der Waals surface area (Å²) in [4.78, 5) is 22.1. The molecule has 2 rings (SSSR count). The third kappa shape index (κ3) is 3.17. The van der Waals surface area contributed by atoms with Crippen LogP contribution in [0.1, 0.15) is 22.8 Å². The molecule has 0 bridgehead atoms. The zero-order valence-electron chi connectivity index (χ0n) is 11.4. The molecule has 1 amide bonds. The lowest BCUT2D eigenvalue weighted by Gasteiger charge is -2.08. The maximum absolute atomic E-state index is 12.1. The molecular weight excluding hydrogens is 272 g/mol. The Morgan fingerprint density at radius 1 is 1.29 bits per heavy atom. The number of nitro groups is 1. The lowest BCUT2D eigenvalue weighted by Crippen LogP contribution is -2.12. The molecule has 0 saturated carbocycles. The van der Waals surface area contributed by atoms with Gasteiger partial charge in [-0.05, 0) is 30.2 Å². The van der Waals surface area contributed by atoms with Crippen molar-refractivity contribution in [2.75, 3.05) is 5.32 Å². The van der Waals surface area contributed by atoms with Crippen LogP contribution < -0.4 is 5.32 Å². The number of anilines is 1. The molecule has 0 atom stereocenters. The first kappa shape index (κ1) is 14.5. The molecule has 21 heavy (non-hydrogen) atoms. The first-order valence-electron chi connectivity index (χ1n) is 6.39. The number of hydrogen-bond donors (Lipinski definition) is 2. The zero-order valence-corrected chi connectivity index (χ0v) is 11.4. The molecule has 2 aromatic rings. The van der Waals surface area contributed by atoms with Crippen molar-refractivity contribution < 1.29 is 14.8 Å². The van der Waals surface area contributed by atoms with Crippen molar-refractivity contribution in [3.63, 3.8) is 0 Å². The fourth-order valence-electron chi connectivity index (χ4n) is 1.93. The van der Waals surface area contributed by atoms with Crippen molar-refractivity contribution >= 4 is 17.3 Å². The Bertz CT molecular complexity index is 698. The van der Waals surface area contributed by atoms with Crippen LogP contribution in [0.2, 0.25) is 0 Å². The minimum absolute atomic E-state index is 0.133. The van der Waals surface area contributed by atoms with Gasteiger partial charge in [-0.25, -0.2) is 0 Å². The second-order valence-electron chi connectivity index (χ2n) is 4.44. The summed E-state index contributed by atoms with van der Waals surface area (Å²) in [6.45, 7) is 1.99. The van der Waals surface area contributed by atoms with E-state index in [1.807, 2.05) is 25.1 Å². The van der Waals surface area contributed by atoms with E-state index in [0.717, 1.165) is 18.1 Å². The van der Waals surface area contributed by atoms with Crippen LogP contribution in [-0.2, 0) is 6.42 Å². The van der Waals surface area contributed by atoms with E-state index in [4.69, 9.17) is 0 Å². The van der Waals surface area contributed by atoms with Gasteiger partial charge in [0.1, 0.15) is 0 Å². The number of para-hydroxylation sites is 1. The van der Waals surface area contributed by atoms with Gasteiger partial charge in [-0.2, -0.15) is 0 Å². The third-order valence-electron chi connectivity index (χ3n) is 3.05. The monoisotopic (exact) mass is 286 g/mol. The van der Waals surface area contributed by atoms with Crippen molar-refractivity contribution in [1.82, 2.24) is 0 Å². The predicted octanol–water partition coefficient (Wildman–Crippen LogP) is 3.12. The summed E-state index contributed by atoms with van der Waals surface area (Å²) in [5.41, 5.74) is 0.998. The summed E-state index contributed by atoms with van der Waals surface area (Å²) in [6, 6.07) is 11.1. The Kier molecular flexibility index (Phi) is 4.18. The van der Waals surface area contributed by atoms with E-state index in [-0.39, 0.29) is 5.56 Å². The van der Waals surface area contributed by atoms with Crippen molar-refractivity contribution in [2.24, 2.45) is 0 Å². The van der Waals surface area contributed by atoms with Crippen molar-refractivity contribution in [2.45, 2.75) is 13.3 Å². The first-order valence-corrected chi connectivity index (χ1v) is 6.39. The number of carbonyl (C=O) groups is 1. The Balaban J connectivity index is 2.28. The highest BCUT2D eigenvalue weighted by atomic mass is 16.6. The van der Waals surface area contributed by atoms with Gasteiger partial charge in [0.25, 0.3) is 5.91 Å². The fraction of sp³-hybridized carbons (Fsp3) is 0.133. The van der Waals surface area contributed by atoms with Gasteiger partial charge >= 0.3 is 5.69 Å². The molecule has 0 aliphatic heterocycles. The molecule has 2 aromatic carbocycles. The SMILES string of the molecule is CCc1cccc(NC(=O)c2cccc([N+](=O)[O-])c2O)c1. The Hall–Kier alpha value is -2.89. The van der Waals surface area contributed by atoms with Crippen LogP contribution >= 0.6 is 0 Å². The van der Waals surface area contributed by atoms with Crippen LogP contribution in [-0.4, -0.2) is 15.9 Å². The molecule has 0 saturated heterocycles. The molecule has 0 aromatic heterocycles. The van der Waals surface area contributed by atoms with Crippen LogP contribution in [0, 0.1) is 10.1 Å². The van der Waals surface area contributed by atoms with E-state index in [2.05, 4.69) is 5.32 Å². The van der Waals surface area contributed by atoms with Gasteiger partial charge in [0.2, 0.25) is 5.75 Å². The molecule has 0 fully saturated rings.